The van der Waals surface area contributed by atoms with E-state index in [2.05, 4.69) is 48.0 Å². The average Bonchev–Trinajstić information content (AvgIpc) is 3.10. The van der Waals surface area contributed by atoms with Gasteiger partial charge in [0.05, 0.1) is 12.6 Å². The summed E-state index contributed by atoms with van der Waals surface area (Å²) in [5.41, 5.74) is 3.72. The van der Waals surface area contributed by atoms with E-state index >= 15 is 0 Å². The minimum Gasteiger partial charge on any atom is -0.385 e. The van der Waals surface area contributed by atoms with Crippen molar-refractivity contribution in [2.75, 3.05) is 33.4 Å². The van der Waals surface area contributed by atoms with Crippen LogP contribution in [0.4, 0.5) is 0 Å². The van der Waals surface area contributed by atoms with Gasteiger partial charge < -0.3 is 15.0 Å². The summed E-state index contributed by atoms with van der Waals surface area (Å²) in [5.74, 6) is 0.167. The van der Waals surface area contributed by atoms with E-state index in [0.717, 1.165) is 32.5 Å². The van der Waals surface area contributed by atoms with Crippen molar-refractivity contribution in [3.05, 3.63) is 57.3 Å². The lowest BCUT2D eigenvalue weighted by atomic mass is 9.92. The van der Waals surface area contributed by atoms with Gasteiger partial charge in [-0.15, -0.1) is 11.3 Å². The number of rotatable bonds is 7. The molecule has 1 aliphatic heterocycles. The van der Waals surface area contributed by atoms with E-state index in [-0.39, 0.29) is 11.9 Å². The fraction of sp³-hybridized carbons (Fsp3) is 0.450. The fourth-order valence-corrected chi connectivity index (χ4v) is 4.24. The summed E-state index contributed by atoms with van der Waals surface area (Å²) in [6.07, 6.45) is 1.87. The summed E-state index contributed by atoms with van der Waals surface area (Å²) in [6.45, 7) is 4.77. The van der Waals surface area contributed by atoms with E-state index in [1.807, 2.05) is 4.90 Å². The van der Waals surface area contributed by atoms with Crippen molar-refractivity contribution in [2.24, 2.45) is 0 Å². The predicted octanol–water partition coefficient (Wildman–Crippen LogP) is 3.16. The molecule has 0 fully saturated rings. The third-order valence-electron chi connectivity index (χ3n) is 4.66. The Hall–Kier alpha value is -1.69. The first-order chi connectivity index (χ1) is 12.2. The molecule has 1 N–H and O–H groups in total. The maximum Gasteiger partial charge on any atom is 0.237 e. The second-order valence-corrected chi connectivity index (χ2v) is 7.47. The fourth-order valence-electron chi connectivity index (χ4n) is 3.33. The molecule has 25 heavy (non-hydrogen) atoms. The zero-order valence-electron chi connectivity index (χ0n) is 15.0. The number of thiophene rings is 1. The molecule has 1 atom stereocenters. The predicted molar refractivity (Wildman–Crippen MR) is 102 cm³/mol. The summed E-state index contributed by atoms with van der Waals surface area (Å²) in [6, 6.07) is 10.8. The lowest BCUT2D eigenvalue weighted by Gasteiger charge is -2.36. The zero-order chi connectivity index (χ0) is 17.6. The number of carbonyl (C=O) groups excluding carboxylic acids is 1. The normalized spacial score (nSPS) is 16.7. The maximum atomic E-state index is 12.8. The molecule has 0 spiro atoms. The quantitative estimate of drug-likeness (QED) is 0.773. The molecule has 0 saturated carbocycles. The topological polar surface area (TPSA) is 41.6 Å². The monoisotopic (exact) mass is 358 g/mol. The van der Waals surface area contributed by atoms with Crippen molar-refractivity contribution < 1.29 is 9.53 Å². The van der Waals surface area contributed by atoms with Gasteiger partial charge in [0.15, 0.2) is 0 Å². The number of amides is 1. The highest BCUT2D eigenvalue weighted by molar-refractivity contribution is 7.10. The number of nitrogens with one attached hydrogen (secondary N) is 1. The number of methoxy groups -OCH3 is 1. The van der Waals surface area contributed by atoms with Crippen LogP contribution in [-0.2, 0) is 16.0 Å². The summed E-state index contributed by atoms with van der Waals surface area (Å²) in [5, 5.41) is 5.39. The Balaban J connectivity index is 1.75. The average molecular weight is 359 g/mol. The number of benzene rings is 1. The Kier molecular flexibility index (Phi) is 6.24. The summed E-state index contributed by atoms with van der Waals surface area (Å²) >= 11 is 1.80. The SMILES string of the molecule is COCCCNCC(=O)N1CCc2sccc2[C@@H]1c1ccc(C)cc1. The summed E-state index contributed by atoms with van der Waals surface area (Å²) in [7, 11) is 1.70. The van der Waals surface area contributed by atoms with Gasteiger partial charge in [-0.1, -0.05) is 29.8 Å². The Morgan fingerprint density at radius 1 is 1.32 bits per heavy atom. The Morgan fingerprint density at radius 3 is 2.88 bits per heavy atom. The third-order valence-corrected chi connectivity index (χ3v) is 5.65. The van der Waals surface area contributed by atoms with Crippen LogP contribution in [0.2, 0.25) is 0 Å². The molecule has 4 nitrogen and oxygen atoms in total. The second-order valence-electron chi connectivity index (χ2n) is 6.47. The van der Waals surface area contributed by atoms with Gasteiger partial charge >= 0.3 is 0 Å². The highest BCUT2D eigenvalue weighted by Gasteiger charge is 2.32. The van der Waals surface area contributed by atoms with Crippen LogP contribution in [0.1, 0.15) is 34.0 Å². The van der Waals surface area contributed by atoms with Gasteiger partial charge in [-0.3, -0.25) is 4.79 Å². The largest absolute Gasteiger partial charge is 0.385 e. The molecule has 0 aliphatic carbocycles. The number of aryl methyl sites for hydroxylation is 1. The van der Waals surface area contributed by atoms with E-state index in [4.69, 9.17) is 4.74 Å². The van der Waals surface area contributed by atoms with Gasteiger partial charge in [-0.25, -0.2) is 0 Å². The number of ether oxygens (including phenoxy) is 1. The first-order valence-corrected chi connectivity index (χ1v) is 9.70. The standard InChI is InChI=1S/C20H26N2O2S/c1-15-4-6-16(7-5-15)20-17-9-13-25-18(17)8-11-22(20)19(23)14-21-10-3-12-24-2/h4-7,9,13,20-21H,3,8,10-12,14H2,1-2H3/t20-/m0/s1. The zero-order valence-corrected chi connectivity index (χ0v) is 15.8. The molecule has 2 heterocycles. The molecule has 134 valence electrons. The van der Waals surface area contributed by atoms with Crippen molar-refractivity contribution in [1.82, 2.24) is 10.2 Å². The lowest BCUT2D eigenvalue weighted by Crippen LogP contribution is -2.44. The highest BCUT2D eigenvalue weighted by Crippen LogP contribution is 2.37. The number of nitrogens with zero attached hydrogens (tertiary/aromatic N) is 1. The molecular formula is C20H26N2O2S. The number of carbonyl (C=O) groups is 1. The maximum absolute atomic E-state index is 12.8. The molecule has 0 saturated heterocycles. The summed E-state index contributed by atoms with van der Waals surface area (Å²) < 4.78 is 5.05. The van der Waals surface area contributed by atoms with Crippen molar-refractivity contribution >= 4 is 17.2 Å². The molecule has 5 heteroatoms. The van der Waals surface area contributed by atoms with Crippen LogP contribution >= 0.6 is 11.3 Å². The van der Waals surface area contributed by atoms with Gasteiger partial charge in [0.25, 0.3) is 0 Å². The smallest absolute Gasteiger partial charge is 0.237 e. The van der Waals surface area contributed by atoms with E-state index < -0.39 is 0 Å². The molecule has 2 aromatic rings. The molecular weight excluding hydrogens is 332 g/mol. The van der Waals surface area contributed by atoms with Crippen LogP contribution in [-0.4, -0.2) is 44.2 Å². The first-order valence-electron chi connectivity index (χ1n) is 8.82. The second kappa shape index (κ2) is 8.61. The van der Waals surface area contributed by atoms with Gasteiger partial charge in [0.2, 0.25) is 5.91 Å². The first kappa shape index (κ1) is 18.1. The molecule has 0 bridgehead atoms. The molecule has 3 rings (SSSR count). The molecule has 1 aromatic heterocycles. The lowest BCUT2D eigenvalue weighted by molar-refractivity contribution is -0.132. The minimum absolute atomic E-state index is 0.0314. The van der Waals surface area contributed by atoms with E-state index in [1.165, 1.54) is 21.6 Å². The molecule has 1 amide bonds. The van der Waals surface area contributed by atoms with Crippen LogP contribution in [0, 0.1) is 6.92 Å². The van der Waals surface area contributed by atoms with Crippen molar-refractivity contribution in [3.63, 3.8) is 0 Å². The van der Waals surface area contributed by atoms with Crippen LogP contribution in [0.15, 0.2) is 35.7 Å². The summed E-state index contributed by atoms with van der Waals surface area (Å²) in [4.78, 5) is 16.3. The van der Waals surface area contributed by atoms with Gasteiger partial charge in [-0.05, 0) is 48.9 Å². The van der Waals surface area contributed by atoms with E-state index in [1.54, 1.807) is 18.4 Å². The van der Waals surface area contributed by atoms with Crippen LogP contribution < -0.4 is 5.32 Å². The van der Waals surface area contributed by atoms with E-state index in [0.29, 0.717) is 6.54 Å². The number of fused-ring (bicyclic) bond motifs is 1. The van der Waals surface area contributed by atoms with Crippen molar-refractivity contribution in [3.8, 4) is 0 Å². The Bertz CT molecular complexity index is 696. The number of hydrogen-bond acceptors (Lipinski definition) is 4. The molecule has 1 aliphatic rings. The van der Waals surface area contributed by atoms with Crippen molar-refractivity contribution in [2.45, 2.75) is 25.8 Å². The van der Waals surface area contributed by atoms with Crippen LogP contribution in [0.3, 0.4) is 0 Å². The molecule has 0 unspecified atom stereocenters. The Morgan fingerprint density at radius 2 is 2.12 bits per heavy atom. The Labute approximate surface area is 153 Å². The van der Waals surface area contributed by atoms with Gasteiger partial charge in [-0.2, -0.15) is 0 Å². The van der Waals surface area contributed by atoms with Crippen LogP contribution in [0.5, 0.6) is 0 Å². The minimum atomic E-state index is 0.0314. The van der Waals surface area contributed by atoms with Gasteiger partial charge in [0.1, 0.15) is 0 Å². The van der Waals surface area contributed by atoms with Crippen molar-refractivity contribution in [1.29, 1.82) is 0 Å². The highest BCUT2D eigenvalue weighted by atomic mass is 32.1. The van der Waals surface area contributed by atoms with E-state index in [9.17, 15) is 4.79 Å². The number of hydrogen-bond donors (Lipinski definition) is 1. The van der Waals surface area contributed by atoms with Gasteiger partial charge in [0, 0.05) is 25.1 Å². The molecule has 1 aromatic carbocycles. The third kappa shape index (κ3) is 4.29. The van der Waals surface area contributed by atoms with Crippen LogP contribution in [0.25, 0.3) is 0 Å². The molecule has 0 radical (unpaired) electrons.